The highest BCUT2D eigenvalue weighted by molar-refractivity contribution is 6.34. The van der Waals surface area contributed by atoms with E-state index < -0.39 is 11.9 Å². The number of rotatable bonds is 4. The van der Waals surface area contributed by atoms with Crippen molar-refractivity contribution in [2.45, 2.75) is 0 Å². The molecule has 0 unspecified atom stereocenters. The Kier molecular flexibility index (Phi) is 3.63. The molecule has 2 aromatic heterocycles. The van der Waals surface area contributed by atoms with Crippen molar-refractivity contribution in [3.63, 3.8) is 0 Å². The lowest BCUT2D eigenvalue weighted by molar-refractivity contribution is 0.0683. The minimum atomic E-state index is -1.26. The Morgan fingerprint density at radius 2 is 1.96 bits per heavy atom. The Bertz CT molecular complexity index is 921. The molecule has 3 rings (SSSR count). The topological polar surface area (TPSA) is 113 Å². The van der Waals surface area contributed by atoms with E-state index >= 15 is 0 Å². The number of fused-ring (bicyclic) bond motifs is 1. The molecule has 0 saturated heterocycles. The maximum atomic E-state index is 11.6. The zero-order valence-corrected chi connectivity index (χ0v) is 12.2. The predicted octanol–water partition coefficient (Wildman–Crippen LogP) is 3.41. The minimum absolute atomic E-state index is 0.00688. The van der Waals surface area contributed by atoms with Gasteiger partial charge in [0.05, 0.1) is 16.1 Å². The summed E-state index contributed by atoms with van der Waals surface area (Å²) in [7, 11) is 0. The van der Waals surface area contributed by atoms with E-state index in [9.17, 15) is 14.7 Å². The standard InChI is InChI=1S/C15H9ClN2O5/c16-9-6-10-8(5-7(9)14(19)20)12(15(21)22)13(18-10)23-11-3-1-2-4-17-11/h1-6,18H,(H,19,20)(H,21,22). The van der Waals surface area contributed by atoms with E-state index in [2.05, 4.69) is 9.97 Å². The second-order valence-electron chi connectivity index (χ2n) is 4.59. The molecule has 0 fully saturated rings. The second kappa shape index (κ2) is 5.62. The fraction of sp³-hybridized carbons (Fsp3) is 0. The molecule has 0 saturated carbocycles. The number of hydrogen-bond acceptors (Lipinski definition) is 4. The van der Waals surface area contributed by atoms with E-state index in [1.165, 1.54) is 18.3 Å². The Morgan fingerprint density at radius 1 is 1.17 bits per heavy atom. The van der Waals surface area contributed by atoms with Gasteiger partial charge in [-0.05, 0) is 18.2 Å². The lowest BCUT2D eigenvalue weighted by Gasteiger charge is -2.03. The fourth-order valence-corrected chi connectivity index (χ4v) is 2.40. The van der Waals surface area contributed by atoms with Gasteiger partial charge in [0.1, 0.15) is 5.56 Å². The van der Waals surface area contributed by atoms with Gasteiger partial charge in [0, 0.05) is 17.6 Å². The molecule has 0 aliphatic carbocycles. The SMILES string of the molecule is O=C(O)c1cc2c(C(=O)O)c(Oc3ccccn3)[nH]c2cc1Cl. The average Bonchev–Trinajstić information content (AvgIpc) is 2.83. The normalized spacial score (nSPS) is 10.7. The van der Waals surface area contributed by atoms with Crippen LogP contribution in [0.2, 0.25) is 5.02 Å². The van der Waals surface area contributed by atoms with E-state index in [1.54, 1.807) is 18.2 Å². The van der Waals surface area contributed by atoms with Crippen molar-refractivity contribution in [2.75, 3.05) is 0 Å². The van der Waals surface area contributed by atoms with Gasteiger partial charge in [0.25, 0.3) is 0 Å². The lowest BCUT2D eigenvalue weighted by Crippen LogP contribution is -2.00. The number of aromatic amines is 1. The van der Waals surface area contributed by atoms with Crippen molar-refractivity contribution in [2.24, 2.45) is 0 Å². The van der Waals surface area contributed by atoms with Crippen molar-refractivity contribution in [3.8, 4) is 11.8 Å². The summed E-state index contributed by atoms with van der Waals surface area (Å²) in [6.45, 7) is 0. The number of H-pyrrole nitrogens is 1. The molecule has 0 amide bonds. The first-order valence-corrected chi connectivity index (χ1v) is 6.76. The molecule has 3 N–H and O–H groups in total. The average molecular weight is 333 g/mol. The molecular formula is C15H9ClN2O5. The van der Waals surface area contributed by atoms with Crippen molar-refractivity contribution < 1.29 is 24.5 Å². The fourth-order valence-electron chi connectivity index (χ4n) is 2.16. The molecule has 0 atom stereocenters. The third-order valence-corrected chi connectivity index (χ3v) is 3.45. The van der Waals surface area contributed by atoms with Gasteiger partial charge in [-0.15, -0.1) is 0 Å². The van der Waals surface area contributed by atoms with Gasteiger partial charge in [-0.1, -0.05) is 17.7 Å². The monoisotopic (exact) mass is 332 g/mol. The van der Waals surface area contributed by atoms with E-state index in [-0.39, 0.29) is 33.3 Å². The number of carboxylic acids is 2. The Morgan fingerprint density at radius 3 is 2.57 bits per heavy atom. The summed E-state index contributed by atoms with van der Waals surface area (Å²) in [6, 6.07) is 7.48. The van der Waals surface area contributed by atoms with Crippen molar-refractivity contribution in [1.29, 1.82) is 0 Å². The summed E-state index contributed by atoms with van der Waals surface area (Å²) >= 11 is 5.90. The second-order valence-corrected chi connectivity index (χ2v) is 4.99. The molecular weight excluding hydrogens is 324 g/mol. The molecule has 0 aliphatic rings. The Labute approximate surface area is 134 Å². The summed E-state index contributed by atoms with van der Waals surface area (Å²) < 4.78 is 5.46. The molecule has 3 aromatic rings. The number of carbonyl (C=O) groups is 2. The summed E-state index contributed by atoms with van der Waals surface area (Å²) in [5, 5.41) is 18.7. The van der Waals surface area contributed by atoms with Crippen LogP contribution in [0, 0.1) is 0 Å². The third-order valence-electron chi connectivity index (χ3n) is 3.14. The van der Waals surface area contributed by atoms with Crippen LogP contribution in [0.5, 0.6) is 11.8 Å². The molecule has 2 heterocycles. The molecule has 0 radical (unpaired) electrons. The van der Waals surface area contributed by atoms with Gasteiger partial charge in [0.15, 0.2) is 0 Å². The van der Waals surface area contributed by atoms with E-state index in [0.717, 1.165) is 0 Å². The van der Waals surface area contributed by atoms with Crippen LogP contribution < -0.4 is 4.74 Å². The minimum Gasteiger partial charge on any atom is -0.478 e. The quantitative estimate of drug-likeness (QED) is 0.675. The van der Waals surface area contributed by atoms with Gasteiger partial charge < -0.3 is 19.9 Å². The number of ether oxygens (including phenoxy) is 1. The highest BCUT2D eigenvalue weighted by atomic mass is 35.5. The highest BCUT2D eigenvalue weighted by Gasteiger charge is 2.22. The van der Waals surface area contributed by atoms with Crippen molar-refractivity contribution >= 4 is 34.4 Å². The summed E-state index contributed by atoms with van der Waals surface area (Å²) in [6.07, 6.45) is 1.50. The number of pyridine rings is 1. The van der Waals surface area contributed by atoms with Crippen LogP contribution in [-0.2, 0) is 0 Å². The van der Waals surface area contributed by atoms with Crippen LogP contribution in [0.15, 0.2) is 36.5 Å². The van der Waals surface area contributed by atoms with Crippen LogP contribution in [0.25, 0.3) is 10.9 Å². The first kappa shape index (κ1) is 14.9. The van der Waals surface area contributed by atoms with Gasteiger partial charge in [-0.3, -0.25) is 0 Å². The Hall–Kier alpha value is -3.06. The number of nitrogens with one attached hydrogen (secondary N) is 1. The summed E-state index contributed by atoms with van der Waals surface area (Å²) in [5.41, 5.74) is -0.0294. The molecule has 1 aromatic carbocycles. The van der Waals surface area contributed by atoms with Gasteiger partial charge >= 0.3 is 11.9 Å². The van der Waals surface area contributed by atoms with Gasteiger partial charge in [0.2, 0.25) is 11.8 Å². The van der Waals surface area contributed by atoms with Gasteiger partial charge in [-0.2, -0.15) is 0 Å². The molecule has 0 spiro atoms. The lowest BCUT2D eigenvalue weighted by atomic mass is 10.1. The molecule has 0 aliphatic heterocycles. The van der Waals surface area contributed by atoms with E-state index in [4.69, 9.17) is 21.4 Å². The van der Waals surface area contributed by atoms with Crippen molar-refractivity contribution in [3.05, 3.63) is 52.7 Å². The number of halogens is 1. The summed E-state index contributed by atoms with van der Waals surface area (Å²) in [4.78, 5) is 29.4. The van der Waals surface area contributed by atoms with E-state index in [1.807, 2.05) is 0 Å². The zero-order chi connectivity index (χ0) is 16.6. The smallest absolute Gasteiger partial charge is 0.341 e. The number of carboxylic acid groups (broad SMARTS) is 2. The van der Waals surface area contributed by atoms with Crippen LogP contribution in [0.4, 0.5) is 0 Å². The molecule has 23 heavy (non-hydrogen) atoms. The maximum absolute atomic E-state index is 11.6. The largest absolute Gasteiger partial charge is 0.478 e. The van der Waals surface area contributed by atoms with E-state index in [0.29, 0.717) is 5.52 Å². The Balaban J connectivity index is 2.20. The number of benzene rings is 1. The van der Waals surface area contributed by atoms with Gasteiger partial charge in [-0.25, -0.2) is 14.6 Å². The van der Waals surface area contributed by atoms with Crippen LogP contribution in [0.3, 0.4) is 0 Å². The predicted molar refractivity (Wildman–Crippen MR) is 81.5 cm³/mol. The number of nitrogens with zero attached hydrogens (tertiary/aromatic N) is 1. The molecule has 0 bridgehead atoms. The van der Waals surface area contributed by atoms with Crippen LogP contribution >= 0.6 is 11.6 Å². The summed E-state index contributed by atoms with van der Waals surface area (Å²) in [5.74, 6) is -2.36. The first-order valence-electron chi connectivity index (χ1n) is 6.38. The molecule has 8 heteroatoms. The highest BCUT2D eigenvalue weighted by Crippen LogP contribution is 2.34. The number of aromatic nitrogens is 2. The number of aromatic carboxylic acids is 2. The number of hydrogen-bond donors (Lipinski definition) is 3. The third kappa shape index (κ3) is 2.69. The molecule has 116 valence electrons. The maximum Gasteiger partial charge on any atom is 0.341 e. The van der Waals surface area contributed by atoms with Crippen LogP contribution in [0.1, 0.15) is 20.7 Å². The van der Waals surface area contributed by atoms with Crippen LogP contribution in [-0.4, -0.2) is 32.1 Å². The zero-order valence-electron chi connectivity index (χ0n) is 11.4. The molecule has 7 nitrogen and oxygen atoms in total. The van der Waals surface area contributed by atoms with Crippen molar-refractivity contribution in [1.82, 2.24) is 9.97 Å². The first-order chi connectivity index (χ1) is 11.0.